The molecule has 3 aromatic rings. The number of amides is 3. The van der Waals surface area contributed by atoms with Gasteiger partial charge in [0.1, 0.15) is 9.96 Å². The van der Waals surface area contributed by atoms with E-state index < -0.39 is 34.1 Å². The minimum atomic E-state index is -3.71. The topological polar surface area (TPSA) is 138 Å². The van der Waals surface area contributed by atoms with E-state index in [4.69, 9.17) is 9.47 Å². The van der Waals surface area contributed by atoms with Crippen LogP contribution >= 0.6 is 11.3 Å². The Bertz CT molecular complexity index is 1540. The molecule has 11 nitrogen and oxygen atoms in total. The Morgan fingerprint density at radius 3 is 2.52 bits per heavy atom. The third-order valence-corrected chi connectivity index (χ3v) is 11.1. The molecule has 3 amide bonds. The number of sulfonamides is 1. The van der Waals surface area contributed by atoms with Gasteiger partial charge in [-0.1, -0.05) is 31.2 Å². The average molecular weight is 673 g/mol. The number of urea groups is 1. The second-order valence-electron chi connectivity index (χ2n) is 11.7. The molecule has 0 spiro atoms. The van der Waals surface area contributed by atoms with Crippen LogP contribution in [-0.4, -0.2) is 86.3 Å². The Hall–Kier alpha value is -3.49. The summed E-state index contributed by atoms with van der Waals surface area (Å²) in [4.78, 5) is 28.6. The molecule has 2 aromatic carbocycles. The number of hydrogen-bond acceptors (Lipinski definition) is 8. The van der Waals surface area contributed by atoms with E-state index in [1.807, 2.05) is 32.0 Å². The summed E-state index contributed by atoms with van der Waals surface area (Å²) in [5.74, 6) is -0.317. The van der Waals surface area contributed by atoms with E-state index in [-0.39, 0.29) is 41.5 Å². The average Bonchev–Trinajstić information content (AvgIpc) is 3.59. The van der Waals surface area contributed by atoms with Gasteiger partial charge in [-0.3, -0.25) is 4.79 Å². The third kappa shape index (κ3) is 9.29. The van der Waals surface area contributed by atoms with E-state index in [1.165, 1.54) is 11.4 Å². The smallest absolute Gasteiger partial charge is 0.323 e. The first-order chi connectivity index (χ1) is 22.0. The third-order valence-electron chi connectivity index (χ3n) is 7.94. The van der Waals surface area contributed by atoms with Crippen LogP contribution in [0.4, 0.5) is 16.2 Å². The molecular formula is C33H44N4O7S2. The fourth-order valence-corrected chi connectivity index (χ4v) is 7.58. The molecule has 1 aliphatic heterocycles. The summed E-state index contributed by atoms with van der Waals surface area (Å²) in [6.45, 7) is 6.00. The highest BCUT2D eigenvalue weighted by Crippen LogP contribution is 2.29. The zero-order valence-corrected chi connectivity index (χ0v) is 28.4. The fourth-order valence-electron chi connectivity index (χ4n) is 5.19. The van der Waals surface area contributed by atoms with Gasteiger partial charge in [-0.25, -0.2) is 13.2 Å². The van der Waals surface area contributed by atoms with Crippen LogP contribution < -0.4 is 15.4 Å². The molecule has 4 atom stereocenters. The molecule has 250 valence electrons. The second kappa shape index (κ2) is 16.4. The van der Waals surface area contributed by atoms with Gasteiger partial charge in [-0.05, 0) is 74.9 Å². The Morgan fingerprint density at radius 2 is 1.83 bits per heavy atom. The largest absolute Gasteiger partial charge is 0.490 e. The van der Waals surface area contributed by atoms with Crippen LogP contribution in [0, 0.1) is 5.92 Å². The zero-order valence-electron chi connectivity index (χ0n) is 26.7. The molecule has 3 N–H and O–H groups in total. The highest BCUT2D eigenvalue weighted by Gasteiger charge is 2.32. The summed E-state index contributed by atoms with van der Waals surface area (Å²) in [5.41, 5.74) is 1.25. The zero-order chi connectivity index (χ0) is 33.3. The van der Waals surface area contributed by atoms with Crippen LogP contribution in [0.2, 0.25) is 0 Å². The molecule has 1 aliphatic rings. The maximum atomic E-state index is 14.3. The first kappa shape index (κ1) is 35.4. The minimum absolute atomic E-state index is 0.0949. The lowest BCUT2D eigenvalue weighted by molar-refractivity contribution is -0.00832. The van der Waals surface area contributed by atoms with Crippen molar-refractivity contribution < 1.29 is 32.6 Å². The fraction of sp³-hybridized carbons (Fsp3) is 0.455. The van der Waals surface area contributed by atoms with Gasteiger partial charge in [0, 0.05) is 44.0 Å². The first-order valence-corrected chi connectivity index (χ1v) is 17.8. The predicted molar refractivity (Wildman–Crippen MR) is 180 cm³/mol. The minimum Gasteiger partial charge on any atom is -0.490 e. The molecule has 0 aliphatic carbocycles. The summed E-state index contributed by atoms with van der Waals surface area (Å²) >= 11 is 1.16. The lowest BCUT2D eigenvalue weighted by Crippen LogP contribution is -2.48. The van der Waals surface area contributed by atoms with Gasteiger partial charge in [0.05, 0.1) is 30.4 Å². The predicted octanol–water partition coefficient (Wildman–Crippen LogP) is 5.51. The van der Waals surface area contributed by atoms with Crippen molar-refractivity contribution in [3.05, 3.63) is 71.6 Å². The summed E-state index contributed by atoms with van der Waals surface area (Å²) < 4.78 is 40.5. The maximum absolute atomic E-state index is 14.3. The highest BCUT2D eigenvalue weighted by molar-refractivity contribution is 7.91. The number of likely N-dealkylation sites (N-methyl/N-ethyl adjacent to an activating group) is 1. The van der Waals surface area contributed by atoms with Crippen LogP contribution in [0.25, 0.3) is 0 Å². The van der Waals surface area contributed by atoms with Crippen LogP contribution in [0.3, 0.4) is 0 Å². The van der Waals surface area contributed by atoms with Gasteiger partial charge in [0.25, 0.3) is 15.9 Å². The van der Waals surface area contributed by atoms with E-state index in [0.717, 1.165) is 24.2 Å². The molecular weight excluding hydrogens is 629 g/mol. The number of fused-ring (bicyclic) bond motifs is 1. The summed E-state index contributed by atoms with van der Waals surface area (Å²) in [7, 11) is -2.18. The number of benzene rings is 2. The molecule has 1 aromatic heterocycles. The van der Waals surface area contributed by atoms with Crippen molar-refractivity contribution >= 4 is 44.7 Å². The van der Waals surface area contributed by atoms with Crippen molar-refractivity contribution in [2.45, 2.75) is 62.5 Å². The highest BCUT2D eigenvalue weighted by atomic mass is 32.2. The second-order valence-corrected chi connectivity index (χ2v) is 14.9. The normalized spacial score (nSPS) is 20.7. The standard InChI is InChI=1S/C33H44N4O7S2/c1-23-20-37(24(2)22-38)32(39)28-19-27(35-33(40)34-26-12-6-5-7-13-26)15-16-29(28)44-25(3)11-8-9-17-43-30(23)21-36(4)46(41,42)31-14-10-18-45-31/h5-7,10,12-16,18-19,23-25,30,38H,8-9,11,17,20-22H2,1-4H3,(H2,34,35,40)/t23-,24+,25+,30-/m0/s1. The Kier molecular flexibility index (Phi) is 12.6. The van der Waals surface area contributed by atoms with Crippen LogP contribution in [0.1, 0.15) is 50.4 Å². The Labute approximate surface area is 275 Å². The molecule has 0 unspecified atom stereocenters. The number of carbonyl (C=O) groups excluding carboxylic acids is 2. The molecule has 2 heterocycles. The summed E-state index contributed by atoms with van der Waals surface area (Å²) in [5, 5.41) is 17.5. The number of aliphatic hydroxyl groups excluding tert-OH is 1. The van der Waals surface area contributed by atoms with E-state index in [2.05, 4.69) is 10.6 Å². The summed E-state index contributed by atoms with van der Waals surface area (Å²) in [6.07, 6.45) is 1.53. The Morgan fingerprint density at radius 1 is 1.09 bits per heavy atom. The lowest BCUT2D eigenvalue weighted by Gasteiger charge is -2.35. The van der Waals surface area contributed by atoms with Crippen LogP contribution in [0.15, 0.2) is 70.3 Å². The van der Waals surface area contributed by atoms with E-state index >= 15 is 0 Å². The van der Waals surface area contributed by atoms with E-state index in [0.29, 0.717) is 30.2 Å². The van der Waals surface area contributed by atoms with Crippen LogP contribution in [-0.2, 0) is 14.8 Å². The number of hydrogen-bond donors (Lipinski definition) is 3. The number of anilines is 2. The molecule has 4 rings (SSSR count). The Balaban J connectivity index is 1.62. The molecule has 0 radical (unpaired) electrons. The number of aliphatic hydroxyl groups is 1. The SMILES string of the molecule is C[C@@H]1CCCCO[C@@H](CN(C)S(=O)(=O)c2cccs2)[C@@H](C)CN([C@H](C)CO)C(=O)c2cc(NC(=O)Nc3ccccc3)ccc2O1. The van der Waals surface area contributed by atoms with Crippen molar-refractivity contribution in [3.63, 3.8) is 0 Å². The van der Waals surface area contributed by atoms with Gasteiger partial charge in [0.15, 0.2) is 0 Å². The number of nitrogens with one attached hydrogen (secondary N) is 2. The van der Waals surface area contributed by atoms with E-state index in [1.54, 1.807) is 59.7 Å². The van der Waals surface area contributed by atoms with E-state index in [9.17, 15) is 23.1 Å². The van der Waals surface area contributed by atoms with Gasteiger partial charge in [-0.2, -0.15) is 4.31 Å². The number of para-hydroxylation sites is 1. The monoisotopic (exact) mass is 672 g/mol. The number of rotatable bonds is 8. The molecule has 0 saturated heterocycles. The number of thiophene rings is 1. The van der Waals surface area contributed by atoms with Gasteiger partial charge in [-0.15, -0.1) is 11.3 Å². The number of carbonyl (C=O) groups is 2. The number of ether oxygens (including phenoxy) is 2. The molecule has 46 heavy (non-hydrogen) atoms. The van der Waals surface area contributed by atoms with Crippen molar-refractivity contribution in [1.82, 2.24) is 9.21 Å². The first-order valence-electron chi connectivity index (χ1n) is 15.5. The molecule has 0 bridgehead atoms. The molecule has 13 heteroatoms. The van der Waals surface area contributed by atoms with Crippen molar-refractivity contribution in [2.75, 3.05) is 44.0 Å². The maximum Gasteiger partial charge on any atom is 0.323 e. The van der Waals surface area contributed by atoms with Crippen molar-refractivity contribution in [2.24, 2.45) is 5.92 Å². The van der Waals surface area contributed by atoms with Crippen molar-refractivity contribution in [1.29, 1.82) is 0 Å². The van der Waals surface area contributed by atoms with Gasteiger partial charge >= 0.3 is 6.03 Å². The van der Waals surface area contributed by atoms with Gasteiger partial charge in [0.2, 0.25) is 0 Å². The van der Waals surface area contributed by atoms with Gasteiger partial charge < -0.3 is 30.1 Å². The quantitative estimate of drug-likeness (QED) is 0.287. The molecule has 0 fully saturated rings. The molecule has 0 saturated carbocycles. The lowest BCUT2D eigenvalue weighted by atomic mass is 10.0. The number of nitrogens with zero attached hydrogens (tertiary/aromatic N) is 2. The summed E-state index contributed by atoms with van der Waals surface area (Å²) in [6, 6.07) is 16.2. The van der Waals surface area contributed by atoms with Crippen LogP contribution in [0.5, 0.6) is 5.75 Å². The van der Waals surface area contributed by atoms with Crippen molar-refractivity contribution in [3.8, 4) is 5.75 Å².